The molecule has 2 rings (SSSR count). The summed E-state index contributed by atoms with van der Waals surface area (Å²) < 4.78 is 7.04. The number of primary amides is 1. The lowest BCUT2D eigenvalue weighted by molar-refractivity contribution is -0.142. The molecule has 1 aromatic carbocycles. The zero-order valence-electron chi connectivity index (χ0n) is 18.7. The van der Waals surface area contributed by atoms with Gasteiger partial charge in [-0.25, -0.2) is 9.59 Å². The van der Waals surface area contributed by atoms with Gasteiger partial charge in [-0.15, -0.1) is 0 Å². The van der Waals surface area contributed by atoms with E-state index in [4.69, 9.17) is 10.5 Å². The van der Waals surface area contributed by atoms with E-state index >= 15 is 0 Å². The van der Waals surface area contributed by atoms with Crippen LogP contribution in [0.4, 0.5) is 4.79 Å². The fraction of sp³-hybridized carbons (Fsp3) is 0.455. The number of para-hydroxylation sites is 1. The number of carboxylic acid groups (broad SMARTS) is 1. The highest BCUT2D eigenvalue weighted by atomic mass is 16.6. The number of aryl methyl sites for hydroxylation is 1. The number of carboxylic acids is 1. The van der Waals surface area contributed by atoms with Gasteiger partial charge in [-0.3, -0.25) is 9.59 Å². The third-order valence-corrected chi connectivity index (χ3v) is 4.70. The maximum absolute atomic E-state index is 12.8. The molecule has 0 aliphatic heterocycles. The molecule has 1 aromatic heterocycles. The number of hydrogen-bond donors (Lipinski definition) is 4. The number of hydrogen-bond acceptors (Lipinski definition) is 5. The standard InChI is InChI=1S/C22H30N4O6/c1-22(2,3)32-21(31)25-15(9-10-18(23)27)19(28)24-16(20(29)30)11-13-12-26(4)17-8-6-5-7-14(13)17/h5-8,12,15-16H,9-11H2,1-4H3,(H2,23,27)(H,24,28)(H,25,31)(H,29,30). The quantitative estimate of drug-likeness (QED) is 0.457. The maximum atomic E-state index is 12.8. The van der Waals surface area contributed by atoms with Gasteiger partial charge < -0.3 is 30.8 Å². The first kappa shape index (κ1) is 24.7. The molecule has 0 aliphatic carbocycles. The highest BCUT2D eigenvalue weighted by molar-refractivity contribution is 5.90. The SMILES string of the molecule is Cn1cc(CC(NC(=O)C(CCC(N)=O)NC(=O)OC(C)(C)C)C(=O)O)c2ccccc21. The summed E-state index contributed by atoms with van der Waals surface area (Å²) in [6.45, 7) is 4.99. The summed E-state index contributed by atoms with van der Waals surface area (Å²) in [6, 6.07) is 5.10. The van der Waals surface area contributed by atoms with Gasteiger partial charge in [0.15, 0.2) is 0 Å². The monoisotopic (exact) mass is 446 g/mol. The molecule has 1 heterocycles. The van der Waals surface area contributed by atoms with Crippen LogP contribution in [0.2, 0.25) is 0 Å². The van der Waals surface area contributed by atoms with E-state index in [-0.39, 0.29) is 19.3 Å². The van der Waals surface area contributed by atoms with Crippen LogP contribution in [0.15, 0.2) is 30.5 Å². The van der Waals surface area contributed by atoms with Gasteiger partial charge in [-0.2, -0.15) is 0 Å². The second-order valence-electron chi connectivity index (χ2n) is 8.59. The molecule has 174 valence electrons. The van der Waals surface area contributed by atoms with E-state index in [1.807, 2.05) is 42.1 Å². The highest BCUT2D eigenvalue weighted by Crippen LogP contribution is 2.21. The van der Waals surface area contributed by atoms with E-state index in [0.717, 1.165) is 16.5 Å². The Kier molecular flexibility index (Phi) is 7.85. The Balaban J connectivity index is 2.18. The summed E-state index contributed by atoms with van der Waals surface area (Å²) in [4.78, 5) is 48.0. The van der Waals surface area contributed by atoms with Crippen molar-refractivity contribution in [3.05, 3.63) is 36.0 Å². The molecule has 0 aliphatic rings. The second-order valence-corrected chi connectivity index (χ2v) is 8.59. The van der Waals surface area contributed by atoms with Crippen molar-refractivity contribution in [2.45, 2.75) is 57.7 Å². The van der Waals surface area contributed by atoms with Crippen molar-refractivity contribution in [3.63, 3.8) is 0 Å². The van der Waals surface area contributed by atoms with Crippen molar-refractivity contribution in [1.29, 1.82) is 0 Å². The topological polar surface area (TPSA) is 153 Å². The molecule has 0 fully saturated rings. The number of benzene rings is 1. The van der Waals surface area contributed by atoms with Crippen LogP contribution in [0.25, 0.3) is 10.9 Å². The predicted octanol–water partition coefficient (Wildman–Crippen LogP) is 1.45. The zero-order chi connectivity index (χ0) is 24.1. The van der Waals surface area contributed by atoms with Gasteiger partial charge in [0, 0.05) is 37.0 Å². The van der Waals surface area contributed by atoms with Crippen molar-refractivity contribution in [2.24, 2.45) is 12.8 Å². The summed E-state index contributed by atoms with van der Waals surface area (Å²) in [5.41, 5.74) is 6.06. The number of carbonyl (C=O) groups excluding carboxylic acids is 3. The number of nitrogens with zero attached hydrogens (tertiary/aromatic N) is 1. The third kappa shape index (κ3) is 7.00. The summed E-state index contributed by atoms with van der Waals surface area (Å²) in [6.07, 6.45) is 0.729. The van der Waals surface area contributed by atoms with E-state index in [0.29, 0.717) is 0 Å². The average molecular weight is 447 g/mol. The number of nitrogens with one attached hydrogen (secondary N) is 2. The van der Waals surface area contributed by atoms with Crippen LogP contribution in [0.3, 0.4) is 0 Å². The van der Waals surface area contributed by atoms with Gasteiger partial charge in [-0.05, 0) is 38.8 Å². The van der Waals surface area contributed by atoms with Crippen molar-refractivity contribution < 1.29 is 29.0 Å². The molecule has 0 spiro atoms. The fourth-order valence-corrected chi connectivity index (χ4v) is 3.29. The average Bonchev–Trinajstić information content (AvgIpc) is 2.98. The van der Waals surface area contributed by atoms with E-state index in [9.17, 15) is 24.3 Å². The Bertz CT molecular complexity index is 1010. The molecule has 2 unspecified atom stereocenters. The molecule has 0 saturated carbocycles. The van der Waals surface area contributed by atoms with E-state index in [1.165, 1.54) is 0 Å². The number of amides is 3. The normalized spacial score (nSPS) is 13.2. The Morgan fingerprint density at radius 1 is 1.12 bits per heavy atom. The van der Waals surface area contributed by atoms with Crippen LogP contribution in [-0.2, 0) is 32.6 Å². The number of carbonyl (C=O) groups is 4. The number of alkyl carbamates (subject to hydrolysis) is 1. The molecule has 2 atom stereocenters. The number of aromatic nitrogens is 1. The minimum Gasteiger partial charge on any atom is -0.480 e. The van der Waals surface area contributed by atoms with E-state index < -0.39 is 41.6 Å². The Morgan fingerprint density at radius 3 is 2.38 bits per heavy atom. The molecule has 3 amide bonds. The Labute approximate surface area is 186 Å². The summed E-state index contributed by atoms with van der Waals surface area (Å²) in [5, 5.41) is 15.4. The van der Waals surface area contributed by atoms with Gasteiger partial charge in [-0.1, -0.05) is 18.2 Å². The van der Waals surface area contributed by atoms with Gasteiger partial charge in [0.2, 0.25) is 11.8 Å². The Morgan fingerprint density at radius 2 is 1.78 bits per heavy atom. The highest BCUT2D eigenvalue weighted by Gasteiger charge is 2.29. The number of fused-ring (bicyclic) bond motifs is 1. The third-order valence-electron chi connectivity index (χ3n) is 4.70. The molecule has 10 nitrogen and oxygen atoms in total. The van der Waals surface area contributed by atoms with Crippen LogP contribution in [0.5, 0.6) is 0 Å². The molecule has 0 saturated heterocycles. The van der Waals surface area contributed by atoms with Crippen LogP contribution < -0.4 is 16.4 Å². The smallest absolute Gasteiger partial charge is 0.408 e. The van der Waals surface area contributed by atoms with Gasteiger partial charge in [0.25, 0.3) is 0 Å². The molecular formula is C22H30N4O6. The maximum Gasteiger partial charge on any atom is 0.408 e. The van der Waals surface area contributed by atoms with E-state index in [1.54, 1.807) is 20.8 Å². The summed E-state index contributed by atoms with van der Waals surface area (Å²) in [5.74, 6) is -2.62. The molecular weight excluding hydrogens is 416 g/mol. The predicted molar refractivity (Wildman–Crippen MR) is 118 cm³/mol. The number of aliphatic carboxylic acids is 1. The van der Waals surface area contributed by atoms with Crippen LogP contribution in [0, 0.1) is 0 Å². The molecule has 10 heteroatoms. The lowest BCUT2D eigenvalue weighted by atomic mass is 10.0. The molecule has 5 N–H and O–H groups in total. The summed E-state index contributed by atoms with van der Waals surface area (Å²) >= 11 is 0. The van der Waals surface area contributed by atoms with Crippen molar-refractivity contribution in [1.82, 2.24) is 15.2 Å². The number of ether oxygens (including phenoxy) is 1. The van der Waals surface area contributed by atoms with Crippen molar-refractivity contribution in [3.8, 4) is 0 Å². The Hall–Kier alpha value is -3.56. The second kappa shape index (κ2) is 10.2. The molecule has 2 aromatic rings. The van der Waals surface area contributed by atoms with E-state index in [2.05, 4.69) is 10.6 Å². The van der Waals surface area contributed by atoms with Gasteiger partial charge in [0.1, 0.15) is 17.7 Å². The van der Waals surface area contributed by atoms with Crippen LogP contribution in [-0.4, -0.2) is 51.2 Å². The minimum absolute atomic E-state index is 0.0391. The minimum atomic E-state index is -1.25. The first-order valence-electron chi connectivity index (χ1n) is 10.2. The van der Waals surface area contributed by atoms with Gasteiger partial charge in [0.05, 0.1) is 0 Å². The number of nitrogens with two attached hydrogens (primary N) is 1. The van der Waals surface area contributed by atoms with Crippen LogP contribution in [0.1, 0.15) is 39.2 Å². The van der Waals surface area contributed by atoms with Gasteiger partial charge >= 0.3 is 12.1 Å². The first-order valence-corrected chi connectivity index (χ1v) is 10.2. The molecule has 0 radical (unpaired) electrons. The van der Waals surface area contributed by atoms with Crippen molar-refractivity contribution in [2.75, 3.05) is 0 Å². The lowest BCUT2D eigenvalue weighted by Gasteiger charge is -2.24. The molecule has 0 bridgehead atoms. The first-order chi connectivity index (χ1) is 14.9. The fourth-order valence-electron chi connectivity index (χ4n) is 3.29. The zero-order valence-corrected chi connectivity index (χ0v) is 18.7. The lowest BCUT2D eigenvalue weighted by Crippen LogP contribution is -2.53. The summed E-state index contributed by atoms with van der Waals surface area (Å²) in [7, 11) is 1.85. The molecule has 32 heavy (non-hydrogen) atoms. The number of rotatable bonds is 9. The largest absolute Gasteiger partial charge is 0.480 e. The van der Waals surface area contributed by atoms with Crippen LogP contribution >= 0.6 is 0 Å². The van der Waals surface area contributed by atoms with Crippen molar-refractivity contribution >= 4 is 34.8 Å².